The summed E-state index contributed by atoms with van der Waals surface area (Å²) in [6.07, 6.45) is 5.58. The molecule has 0 spiro atoms. The molecule has 5 nitrogen and oxygen atoms in total. The van der Waals surface area contributed by atoms with E-state index >= 15 is 0 Å². The van der Waals surface area contributed by atoms with Crippen molar-refractivity contribution in [1.82, 2.24) is 14.9 Å². The van der Waals surface area contributed by atoms with Gasteiger partial charge in [-0.25, -0.2) is 4.98 Å². The molecule has 5 rings (SSSR count). The quantitative estimate of drug-likeness (QED) is 0.226. The molecule has 0 radical (unpaired) electrons. The van der Waals surface area contributed by atoms with Crippen LogP contribution in [0.15, 0.2) is 82.7 Å². The van der Waals surface area contributed by atoms with Crippen molar-refractivity contribution < 1.29 is 4.79 Å². The number of hydrogen-bond donors (Lipinski definition) is 1. The lowest BCUT2D eigenvalue weighted by atomic mass is 9.95. The smallest absolute Gasteiger partial charge is 0.262 e. The number of carbonyl (C=O) groups is 1. The number of thioether (sulfide) groups is 1. The van der Waals surface area contributed by atoms with Crippen LogP contribution in [-0.2, 0) is 12.3 Å². The molecule has 0 aliphatic heterocycles. The molecule has 1 saturated carbocycles. The fraction of sp³-hybridized carbons (Fsp3) is 0.276. The van der Waals surface area contributed by atoms with E-state index in [0.29, 0.717) is 38.9 Å². The Morgan fingerprint density at radius 3 is 2.53 bits per heavy atom. The molecule has 1 heterocycles. The largest absolute Gasteiger partial charge is 0.349 e. The number of rotatable bonds is 7. The van der Waals surface area contributed by atoms with Gasteiger partial charge in [0.15, 0.2) is 5.16 Å². The Morgan fingerprint density at radius 2 is 1.75 bits per heavy atom. The first kappa shape index (κ1) is 24.6. The van der Waals surface area contributed by atoms with Crippen LogP contribution in [-0.4, -0.2) is 21.5 Å². The lowest BCUT2D eigenvalue weighted by molar-refractivity contribution is 0.0928. The van der Waals surface area contributed by atoms with Gasteiger partial charge in [-0.2, -0.15) is 0 Å². The topological polar surface area (TPSA) is 64.0 Å². The summed E-state index contributed by atoms with van der Waals surface area (Å²) in [6, 6.07) is 23.0. The highest BCUT2D eigenvalue weighted by Gasteiger charge is 2.18. The zero-order chi connectivity index (χ0) is 24.9. The van der Waals surface area contributed by atoms with Gasteiger partial charge in [-0.1, -0.05) is 85.1 Å². The molecule has 0 saturated heterocycles. The van der Waals surface area contributed by atoms with Gasteiger partial charge in [0.1, 0.15) is 0 Å². The average molecular weight is 518 g/mol. The highest BCUT2D eigenvalue weighted by molar-refractivity contribution is 7.98. The van der Waals surface area contributed by atoms with Crippen LogP contribution in [0.3, 0.4) is 0 Å². The molecule has 1 amide bonds. The second kappa shape index (κ2) is 11.3. The summed E-state index contributed by atoms with van der Waals surface area (Å²) in [6.45, 7) is 0.421. The molecule has 0 bridgehead atoms. The van der Waals surface area contributed by atoms with Gasteiger partial charge >= 0.3 is 0 Å². The Hall–Kier alpha value is -3.09. The lowest BCUT2D eigenvalue weighted by Gasteiger charge is -2.22. The number of hydrogen-bond acceptors (Lipinski definition) is 4. The van der Waals surface area contributed by atoms with Crippen LogP contribution in [0.2, 0.25) is 5.02 Å². The van der Waals surface area contributed by atoms with E-state index in [0.717, 1.165) is 36.8 Å². The number of carbonyl (C=O) groups excluding carboxylic acids is 1. The fourth-order valence-corrected chi connectivity index (χ4v) is 5.80. The van der Waals surface area contributed by atoms with Crippen LogP contribution in [0.25, 0.3) is 10.9 Å². The molecule has 1 aliphatic rings. The van der Waals surface area contributed by atoms with Gasteiger partial charge in [0.2, 0.25) is 0 Å². The van der Waals surface area contributed by atoms with Crippen molar-refractivity contribution in [2.24, 2.45) is 0 Å². The molecular weight excluding hydrogens is 490 g/mol. The Morgan fingerprint density at radius 1 is 0.972 bits per heavy atom. The van der Waals surface area contributed by atoms with E-state index in [1.54, 1.807) is 22.8 Å². The Balaban J connectivity index is 1.49. The molecule has 184 valence electrons. The van der Waals surface area contributed by atoms with E-state index in [2.05, 4.69) is 5.32 Å². The minimum absolute atomic E-state index is 0.104. The summed E-state index contributed by atoms with van der Waals surface area (Å²) in [4.78, 5) is 31.4. The van der Waals surface area contributed by atoms with Crippen LogP contribution >= 0.6 is 23.4 Å². The number of nitrogens with one attached hydrogen (secondary N) is 1. The Kier molecular flexibility index (Phi) is 7.73. The summed E-state index contributed by atoms with van der Waals surface area (Å²) < 4.78 is 1.72. The van der Waals surface area contributed by atoms with Crippen molar-refractivity contribution in [2.75, 3.05) is 0 Å². The molecule has 1 aliphatic carbocycles. The second-order valence-electron chi connectivity index (χ2n) is 9.23. The van der Waals surface area contributed by atoms with E-state index < -0.39 is 0 Å². The summed E-state index contributed by atoms with van der Waals surface area (Å²) in [5, 5.41) is 4.95. The van der Waals surface area contributed by atoms with Gasteiger partial charge in [0, 0.05) is 22.4 Å². The van der Waals surface area contributed by atoms with Crippen molar-refractivity contribution in [1.29, 1.82) is 0 Å². The van der Waals surface area contributed by atoms with Crippen LogP contribution in [0.4, 0.5) is 0 Å². The molecule has 1 aromatic heterocycles. The normalized spacial score (nSPS) is 14.1. The summed E-state index contributed by atoms with van der Waals surface area (Å²) >= 11 is 7.66. The zero-order valence-corrected chi connectivity index (χ0v) is 21.5. The van der Waals surface area contributed by atoms with Gasteiger partial charge < -0.3 is 5.32 Å². The summed E-state index contributed by atoms with van der Waals surface area (Å²) in [5.41, 5.74) is 3.03. The van der Waals surface area contributed by atoms with Gasteiger partial charge in [0.25, 0.3) is 11.5 Å². The van der Waals surface area contributed by atoms with Crippen LogP contribution < -0.4 is 10.9 Å². The van der Waals surface area contributed by atoms with E-state index in [4.69, 9.17) is 16.6 Å². The van der Waals surface area contributed by atoms with Crippen molar-refractivity contribution in [3.05, 3.63) is 105 Å². The number of nitrogens with zero attached hydrogens (tertiary/aromatic N) is 2. The van der Waals surface area contributed by atoms with Crippen LogP contribution in [0, 0.1) is 0 Å². The van der Waals surface area contributed by atoms with E-state index in [-0.39, 0.29) is 17.5 Å². The SMILES string of the molecule is O=C(NC1CCCCC1)c1ccc2c(=O)n(Cc3ccccc3)c(SCc3cccc(Cl)c3)nc2c1. The predicted molar refractivity (Wildman–Crippen MR) is 147 cm³/mol. The van der Waals surface area contributed by atoms with Crippen molar-refractivity contribution in [2.45, 2.75) is 55.6 Å². The molecule has 0 unspecified atom stereocenters. The van der Waals surface area contributed by atoms with Gasteiger partial charge in [0.05, 0.1) is 17.4 Å². The number of amides is 1. The Labute approximate surface area is 219 Å². The van der Waals surface area contributed by atoms with E-state index in [9.17, 15) is 9.59 Å². The first-order valence-corrected chi connectivity index (χ1v) is 13.7. The number of halogens is 1. The van der Waals surface area contributed by atoms with Crippen molar-refractivity contribution in [3.63, 3.8) is 0 Å². The zero-order valence-electron chi connectivity index (χ0n) is 20.0. The third kappa shape index (κ3) is 5.82. The molecule has 4 aromatic rings. The lowest BCUT2D eigenvalue weighted by Crippen LogP contribution is -2.36. The molecule has 3 aromatic carbocycles. The predicted octanol–water partition coefficient (Wildman–Crippen LogP) is 6.45. The third-order valence-corrected chi connectivity index (χ3v) is 7.85. The summed E-state index contributed by atoms with van der Waals surface area (Å²) in [5.74, 6) is 0.516. The van der Waals surface area contributed by atoms with Gasteiger partial charge in [-0.15, -0.1) is 0 Å². The monoisotopic (exact) mass is 517 g/mol. The maximum Gasteiger partial charge on any atom is 0.262 e. The minimum Gasteiger partial charge on any atom is -0.349 e. The summed E-state index contributed by atoms with van der Waals surface area (Å²) in [7, 11) is 0. The van der Waals surface area contributed by atoms with Crippen LogP contribution in [0.5, 0.6) is 0 Å². The molecule has 0 atom stereocenters. The average Bonchev–Trinajstić information content (AvgIpc) is 2.90. The maximum atomic E-state index is 13.6. The van der Waals surface area contributed by atoms with Crippen LogP contribution in [0.1, 0.15) is 53.6 Å². The van der Waals surface area contributed by atoms with Gasteiger partial charge in [-0.05, 0) is 54.3 Å². The molecule has 1 fully saturated rings. The second-order valence-corrected chi connectivity index (χ2v) is 10.6. The molecule has 1 N–H and O–H groups in total. The minimum atomic E-state index is -0.114. The first-order valence-electron chi connectivity index (χ1n) is 12.3. The highest BCUT2D eigenvalue weighted by atomic mass is 35.5. The van der Waals surface area contributed by atoms with Crippen molar-refractivity contribution >= 4 is 40.2 Å². The van der Waals surface area contributed by atoms with E-state index in [1.807, 2.05) is 54.6 Å². The number of aromatic nitrogens is 2. The fourth-order valence-electron chi connectivity index (χ4n) is 4.65. The third-order valence-electron chi connectivity index (χ3n) is 6.56. The first-order chi connectivity index (χ1) is 17.6. The van der Waals surface area contributed by atoms with Crippen molar-refractivity contribution in [3.8, 4) is 0 Å². The number of benzene rings is 3. The Bertz CT molecular complexity index is 1430. The van der Waals surface area contributed by atoms with E-state index in [1.165, 1.54) is 18.2 Å². The molecule has 7 heteroatoms. The maximum absolute atomic E-state index is 13.6. The molecular formula is C29H28ClN3O2S. The van der Waals surface area contributed by atoms with Gasteiger partial charge in [-0.3, -0.25) is 14.2 Å². The molecule has 36 heavy (non-hydrogen) atoms. The standard InChI is InChI=1S/C29H28ClN3O2S/c30-23-11-7-10-21(16-23)19-36-29-32-26-17-22(27(34)31-24-12-5-2-6-13-24)14-15-25(26)28(35)33(29)18-20-8-3-1-4-9-20/h1,3-4,7-11,14-17,24H,2,5-6,12-13,18-19H2,(H,31,34). The highest BCUT2D eigenvalue weighted by Crippen LogP contribution is 2.25. The number of fused-ring (bicyclic) bond motifs is 1.